The second kappa shape index (κ2) is 4.18. The van der Waals surface area contributed by atoms with E-state index in [9.17, 15) is 0 Å². The standard InChI is InChI=1S/C11H16ClN3O/c1-8-9(12)13-7-14-10(8)15-4-5-16-11(2,3)6-15/h7H,4-6H2,1-3H3. The van der Waals surface area contributed by atoms with Crippen molar-refractivity contribution in [2.45, 2.75) is 26.4 Å². The fourth-order valence-corrected chi connectivity index (χ4v) is 2.06. The summed E-state index contributed by atoms with van der Waals surface area (Å²) in [5, 5.41) is 0.522. The number of aromatic nitrogens is 2. The molecule has 2 rings (SSSR count). The van der Waals surface area contributed by atoms with E-state index >= 15 is 0 Å². The number of ether oxygens (including phenoxy) is 1. The molecule has 2 heterocycles. The summed E-state index contributed by atoms with van der Waals surface area (Å²) in [6, 6.07) is 0. The van der Waals surface area contributed by atoms with Crippen LogP contribution in [0.3, 0.4) is 0 Å². The molecule has 0 amide bonds. The van der Waals surface area contributed by atoms with Gasteiger partial charge in [0.15, 0.2) is 0 Å². The van der Waals surface area contributed by atoms with E-state index in [-0.39, 0.29) is 5.60 Å². The maximum absolute atomic E-state index is 6.00. The Morgan fingerprint density at radius 2 is 2.19 bits per heavy atom. The van der Waals surface area contributed by atoms with Gasteiger partial charge in [0, 0.05) is 18.7 Å². The Hall–Kier alpha value is -0.870. The topological polar surface area (TPSA) is 38.2 Å². The van der Waals surface area contributed by atoms with E-state index in [4.69, 9.17) is 16.3 Å². The van der Waals surface area contributed by atoms with Crippen molar-refractivity contribution in [3.05, 3.63) is 17.0 Å². The molecule has 1 aliphatic rings. The molecule has 0 aromatic carbocycles. The molecule has 1 aliphatic heterocycles. The van der Waals surface area contributed by atoms with Crippen LogP contribution in [0.1, 0.15) is 19.4 Å². The van der Waals surface area contributed by atoms with Gasteiger partial charge in [-0.05, 0) is 20.8 Å². The zero-order valence-electron chi connectivity index (χ0n) is 9.83. The fraction of sp³-hybridized carbons (Fsp3) is 0.636. The Balaban J connectivity index is 2.27. The molecule has 0 saturated carbocycles. The Labute approximate surface area is 101 Å². The van der Waals surface area contributed by atoms with Gasteiger partial charge in [-0.25, -0.2) is 9.97 Å². The lowest BCUT2D eigenvalue weighted by atomic mass is 10.1. The minimum atomic E-state index is -0.137. The average Bonchev–Trinajstić information content (AvgIpc) is 2.20. The Kier molecular flexibility index (Phi) is 3.04. The molecule has 1 saturated heterocycles. The molecule has 0 bridgehead atoms. The average molecular weight is 242 g/mol. The van der Waals surface area contributed by atoms with Gasteiger partial charge in [-0.3, -0.25) is 0 Å². The van der Waals surface area contributed by atoms with Crippen molar-refractivity contribution in [2.75, 3.05) is 24.6 Å². The molecular formula is C11H16ClN3O. The number of hydrogen-bond donors (Lipinski definition) is 0. The van der Waals surface area contributed by atoms with Gasteiger partial charge < -0.3 is 9.64 Å². The Bertz CT molecular complexity index is 395. The molecular weight excluding hydrogens is 226 g/mol. The summed E-state index contributed by atoms with van der Waals surface area (Å²) >= 11 is 6.00. The summed E-state index contributed by atoms with van der Waals surface area (Å²) in [7, 11) is 0. The van der Waals surface area contributed by atoms with Crippen molar-refractivity contribution >= 4 is 17.4 Å². The number of morpholine rings is 1. The highest BCUT2D eigenvalue weighted by Gasteiger charge is 2.28. The summed E-state index contributed by atoms with van der Waals surface area (Å²) in [6.07, 6.45) is 1.51. The van der Waals surface area contributed by atoms with E-state index in [0.29, 0.717) is 11.8 Å². The van der Waals surface area contributed by atoms with Crippen LogP contribution in [-0.4, -0.2) is 35.3 Å². The zero-order valence-corrected chi connectivity index (χ0v) is 10.6. The lowest BCUT2D eigenvalue weighted by molar-refractivity contribution is -0.0279. The van der Waals surface area contributed by atoms with Crippen molar-refractivity contribution in [3.8, 4) is 0 Å². The first-order valence-corrected chi connectivity index (χ1v) is 5.73. The van der Waals surface area contributed by atoms with Gasteiger partial charge in [-0.2, -0.15) is 0 Å². The van der Waals surface area contributed by atoms with E-state index in [1.54, 1.807) is 0 Å². The van der Waals surface area contributed by atoms with E-state index in [1.165, 1.54) is 6.33 Å². The molecule has 88 valence electrons. The van der Waals surface area contributed by atoms with Crippen molar-refractivity contribution in [3.63, 3.8) is 0 Å². The third-order valence-electron chi connectivity index (χ3n) is 2.72. The molecule has 1 aromatic rings. The highest BCUT2D eigenvalue weighted by Crippen LogP contribution is 2.26. The van der Waals surface area contributed by atoms with Crippen molar-refractivity contribution < 1.29 is 4.74 Å². The van der Waals surface area contributed by atoms with E-state index in [1.807, 2.05) is 6.92 Å². The highest BCUT2D eigenvalue weighted by molar-refractivity contribution is 6.30. The molecule has 16 heavy (non-hydrogen) atoms. The van der Waals surface area contributed by atoms with Crippen molar-refractivity contribution in [2.24, 2.45) is 0 Å². The normalized spacial score (nSPS) is 19.9. The van der Waals surface area contributed by atoms with Crippen LogP contribution < -0.4 is 4.90 Å². The van der Waals surface area contributed by atoms with Crippen LogP contribution in [0.25, 0.3) is 0 Å². The molecule has 4 nitrogen and oxygen atoms in total. The molecule has 0 unspecified atom stereocenters. The predicted octanol–water partition coefficient (Wildman–Crippen LogP) is 2.05. The minimum absolute atomic E-state index is 0.137. The largest absolute Gasteiger partial charge is 0.372 e. The minimum Gasteiger partial charge on any atom is -0.372 e. The number of anilines is 1. The van der Waals surface area contributed by atoms with Crippen LogP contribution in [0.2, 0.25) is 5.15 Å². The summed E-state index contributed by atoms with van der Waals surface area (Å²) in [6.45, 7) is 8.49. The van der Waals surface area contributed by atoms with E-state index < -0.39 is 0 Å². The monoisotopic (exact) mass is 241 g/mol. The smallest absolute Gasteiger partial charge is 0.137 e. The van der Waals surface area contributed by atoms with Crippen LogP contribution in [-0.2, 0) is 4.74 Å². The summed E-state index contributed by atoms with van der Waals surface area (Å²) in [5.41, 5.74) is 0.795. The lowest BCUT2D eigenvalue weighted by Crippen LogP contribution is -2.48. The van der Waals surface area contributed by atoms with Gasteiger partial charge in [0.25, 0.3) is 0 Å². The predicted molar refractivity (Wildman–Crippen MR) is 64.0 cm³/mol. The Morgan fingerprint density at radius 1 is 1.44 bits per heavy atom. The summed E-state index contributed by atoms with van der Waals surface area (Å²) < 4.78 is 5.67. The van der Waals surface area contributed by atoms with Crippen LogP contribution >= 0.6 is 11.6 Å². The van der Waals surface area contributed by atoms with Gasteiger partial charge in [-0.15, -0.1) is 0 Å². The summed E-state index contributed by atoms with van der Waals surface area (Å²) in [4.78, 5) is 10.5. The van der Waals surface area contributed by atoms with Crippen molar-refractivity contribution in [1.29, 1.82) is 0 Å². The van der Waals surface area contributed by atoms with Gasteiger partial charge in [-0.1, -0.05) is 11.6 Å². The number of nitrogens with zero attached hydrogens (tertiary/aromatic N) is 3. The van der Waals surface area contributed by atoms with Gasteiger partial charge in [0.05, 0.1) is 12.2 Å². The van der Waals surface area contributed by atoms with E-state index in [2.05, 4.69) is 28.7 Å². The first-order valence-electron chi connectivity index (χ1n) is 5.36. The number of halogens is 1. The zero-order chi connectivity index (χ0) is 11.8. The second-order valence-corrected chi connectivity index (χ2v) is 5.00. The van der Waals surface area contributed by atoms with Gasteiger partial charge in [0.1, 0.15) is 17.3 Å². The molecule has 0 radical (unpaired) electrons. The molecule has 0 atom stereocenters. The van der Waals surface area contributed by atoms with Crippen LogP contribution in [0.15, 0.2) is 6.33 Å². The fourth-order valence-electron chi connectivity index (χ4n) is 1.94. The Morgan fingerprint density at radius 3 is 2.88 bits per heavy atom. The number of rotatable bonds is 1. The quantitative estimate of drug-likeness (QED) is 0.706. The molecule has 0 N–H and O–H groups in total. The molecule has 0 aliphatic carbocycles. The van der Waals surface area contributed by atoms with Crippen molar-refractivity contribution in [1.82, 2.24) is 9.97 Å². The maximum Gasteiger partial charge on any atom is 0.137 e. The SMILES string of the molecule is Cc1c(Cl)ncnc1N1CCOC(C)(C)C1. The molecule has 0 spiro atoms. The molecule has 1 aromatic heterocycles. The van der Waals surface area contributed by atoms with Crippen LogP contribution in [0.4, 0.5) is 5.82 Å². The summed E-state index contributed by atoms with van der Waals surface area (Å²) in [5.74, 6) is 0.913. The lowest BCUT2D eigenvalue weighted by Gasteiger charge is -2.39. The second-order valence-electron chi connectivity index (χ2n) is 4.64. The highest BCUT2D eigenvalue weighted by atomic mass is 35.5. The van der Waals surface area contributed by atoms with Crippen LogP contribution in [0, 0.1) is 6.92 Å². The number of hydrogen-bond acceptors (Lipinski definition) is 4. The van der Waals surface area contributed by atoms with Crippen LogP contribution in [0.5, 0.6) is 0 Å². The first-order chi connectivity index (χ1) is 7.49. The third kappa shape index (κ3) is 2.28. The van der Waals surface area contributed by atoms with Gasteiger partial charge >= 0.3 is 0 Å². The van der Waals surface area contributed by atoms with Gasteiger partial charge in [0.2, 0.25) is 0 Å². The molecule has 1 fully saturated rings. The maximum atomic E-state index is 6.00. The first kappa shape index (κ1) is 11.6. The molecule has 5 heteroatoms. The third-order valence-corrected chi connectivity index (χ3v) is 3.10. The van der Waals surface area contributed by atoms with E-state index in [0.717, 1.165) is 24.5 Å².